The maximum absolute atomic E-state index is 12.9. The number of benzene rings is 1. The van der Waals surface area contributed by atoms with E-state index in [0.29, 0.717) is 6.54 Å². The van der Waals surface area contributed by atoms with E-state index in [1.807, 2.05) is 30.3 Å². The Hall–Kier alpha value is -1.07. The van der Waals surface area contributed by atoms with Gasteiger partial charge in [0.2, 0.25) is 0 Å². The Morgan fingerprint density at radius 2 is 1.94 bits per heavy atom. The second kappa shape index (κ2) is 5.28. The van der Waals surface area contributed by atoms with Gasteiger partial charge < -0.3 is 5.73 Å². The molecule has 0 radical (unpaired) electrons. The largest absolute Gasteiger partial charge is 0.405 e. The van der Waals surface area contributed by atoms with Crippen molar-refractivity contribution in [2.45, 2.75) is 31.1 Å². The zero-order valence-electron chi connectivity index (χ0n) is 10.0. The van der Waals surface area contributed by atoms with E-state index in [1.165, 1.54) is 4.90 Å². The number of alkyl halides is 3. The van der Waals surface area contributed by atoms with Crippen LogP contribution in [0.5, 0.6) is 0 Å². The molecule has 2 N–H and O–H groups in total. The molecule has 2 nitrogen and oxygen atoms in total. The molecule has 2 atom stereocenters. The van der Waals surface area contributed by atoms with Gasteiger partial charge in [-0.05, 0) is 24.9 Å². The Balaban J connectivity index is 2.22. The number of nitrogens with zero attached hydrogens (tertiary/aromatic N) is 1. The van der Waals surface area contributed by atoms with Crippen LogP contribution in [0.1, 0.15) is 24.4 Å². The fraction of sp³-hybridized carbons (Fsp3) is 0.538. The first-order valence-corrected chi connectivity index (χ1v) is 6.11. The molecular formula is C13H17F3N2. The summed E-state index contributed by atoms with van der Waals surface area (Å²) in [6.07, 6.45) is -2.71. The summed E-state index contributed by atoms with van der Waals surface area (Å²) in [5.41, 5.74) is 6.26. The maximum Gasteiger partial charge on any atom is 0.405 e. The predicted octanol–water partition coefficient (Wildman–Crippen LogP) is 2.71. The van der Waals surface area contributed by atoms with Gasteiger partial charge >= 0.3 is 6.18 Å². The normalized spacial score (nSPS) is 23.2. The van der Waals surface area contributed by atoms with Crippen molar-refractivity contribution in [3.8, 4) is 0 Å². The molecule has 0 amide bonds. The highest BCUT2D eigenvalue weighted by molar-refractivity contribution is 5.20. The molecule has 5 heteroatoms. The van der Waals surface area contributed by atoms with Crippen LogP contribution in [0.3, 0.4) is 0 Å². The lowest BCUT2D eigenvalue weighted by atomic mass is 10.0. The number of hydrogen-bond acceptors (Lipinski definition) is 2. The second-order valence-electron chi connectivity index (χ2n) is 4.60. The summed E-state index contributed by atoms with van der Waals surface area (Å²) in [4.78, 5) is 1.50. The Kier molecular flexibility index (Phi) is 3.92. The molecule has 0 bridgehead atoms. The van der Waals surface area contributed by atoms with Crippen molar-refractivity contribution < 1.29 is 13.2 Å². The molecule has 0 spiro atoms. The molecule has 0 aromatic heterocycles. The average Bonchev–Trinajstić information content (AvgIpc) is 2.78. The van der Waals surface area contributed by atoms with Crippen molar-refractivity contribution in [3.63, 3.8) is 0 Å². The Bertz CT molecular complexity index is 378. The van der Waals surface area contributed by atoms with Gasteiger partial charge in [0.05, 0.1) is 0 Å². The van der Waals surface area contributed by atoms with E-state index in [0.717, 1.165) is 18.4 Å². The number of likely N-dealkylation sites (tertiary alicyclic amines) is 1. The molecule has 1 fully saturated rings. The topological polar surface area (TPSA) is 29.3 Å². The van der Waals surface area contributed by atoms with Crippen LogP contribution in [-0.4, -0.2) is 30.2 Å². The Morgan fingerprint density at radius 3 is 2.50 bits per heavy atom. The highest BCUT2D eigenvalue weighted by Crippen LogP contribution is 2.37. The minimum atomic E-state index is -4.26. The van der Waals surface area contributed by atoms with E-state index in [4.69, 9.17) is 5.73 Å². The molecule has 1 heterocycles. The highest BCUT2D eigenvalue weighted by atomic mass is 19.4. The molecule has 1 aliphatic heterocycles. The zero-order chi connectivity index (χ0) is 13.2. The van der Waals surface area contributed by atoms with Gasteiger partial charge in [-0.3, -0.25) is 4.90 Å². The van der Waals surface area contributed by atoms with Gasteiger partial charge in [0.25, 0.3) is 0 Å². The third-order valence-corrected chi connectivity index (χ3v) is 3.48. The van der Waals surface area contributed by atoms with E-state index in [9.17, 15) is 13.2 Å². The molecule has 1 aromatic carbocycles. The van der Waals surface area contributed by atoms with Crippen molar-refractivity contribution in [1.29, 1.82) is 0 Å². The SMILES string of the molecule is NCC(N1CCCC1c1ccccc1)C(F)(F)F. The van der Waals surface area contributed by atoms with Gasteiger partial charge in [-0.1, -0.05) is 30.3 Å². The summed E-state index contributed by atoms with van der Waals surface area (Å²) in [5, 5.41) is 0. The van der Waals surface area contributed by atoms with E-state index in [2.05, 4.69) is 0 Å². The van der Waals surface area contributed by atoms with Gasteiger partial charge in [0.1, 0.15) is 6.04 Å². The molecule has 1 saturated heterocycles. The van der Waals surface area contributed by atoms with Crippen LogP contribution in [-0.2, 0) is 0 Å². The van der Waals surface area contributed by atoms with Crippen LogP contribution in [0.2, 0.25) is 0 Å². The minimum Gasteiger partial charge on any atom is -0.329 e. The number of rotatable bonds is 3. The van der Waals surface area contributed by atoms with E-state index < -0.39 is 12.2 Å². The summed E-state index contributed by atoms with van der Waals surface area (Å²) in [6, 6.07) is 7.65. The smallest absolute Gasteiger partial charge is 0.329 e. The standard InChI is InChI=1S/C13H17F3N2/c14-13(15,16)12(9-17)18-8-4-7-11(18)10-5-2-1-3-6-10/h1-3,5-6,11-12H,4,7-9,17H2. The van der Waals surface area contributed by atoms with E-state index >= 15 is 0 Å². The predicted molar refractivity (Wildman–Crippen MR) is 64.0 cm³/mol. The monoisotopic (exact) mass is 258 g/mol. The minimum absolute atomic E-state index is 0.165. The first kappa shape index (κ1) is 13.4. The van der Waals surface area contributed by atoms with Crippen LogP contribution in [0, 0.1) is 0 Å². The third-order valence-electron chi connectivity index (χ3n) is 3.48. The fourth-order valence-corrected chi connectivity index (χ4v) is 2.65. The van der Waals surface area contributed by atoms with Gasteiger partial charge in [-0.25, -0.2) is 0 Å². The second-order valence-corrected chi connectivity index (χ2v) is 4.60. The summed E-state index contributed by atoms with van der Waals surface area (Å²) in [7, 11) is 0. The molecule has 100 valence electrons. The van der Waals surface area contributed by atoms with Crippen LogP contribution in [0.4, 0.5) is 13.2 Å². The van der Waals surface area contributed by atoms with Gasteiger partial charge in [-0.2, -0.15) is 13.2 Å². The van der Waals surface area contributed by atoms with E-state index in [-0.39, 0.29) is 12.6 Å². The molecule has 2 rings (SSSR count). The maximum atomic E-state index is 12.9. The Morgan fingerprint density at radius 1 is 1.28 bits per heavy atom. The quantitative estimate of drug-likeness (QED) is 0.903. The van der Waals surface area contributed by atoms with Crippen molar-refractivity contribution in [1.82, 2.24) is 4.90 Å². The van der Waals surface area contributed by atoms with E-state index in [1.54, 1.807) is 0 Å². The molecule has 1 aromatic rings. The lowest BCUT2D eigenvalue weighted by Crippen LogP contribution is -2.49. The van der Waals surface area contributed by atoms with Crippen molar-refractivity contribution in [3.05, 3.63) is 35.9 Å². The lowest BCUT2D eigenvalue weighted by Gasteiger charge is -2.33. The summed E-state index contributed by atoms with van der Waals surface area (Å²) in [6.45, 7) is 0.0772. The lowest BCUT2D eigenvalue weighted by molar-refractivity contribution is -0.183. The van der Waals surface area contributed by atoms with Crippen molar-refractivity contribution >= 4 is 0 Å². The molecule has 1 aliphatic rings. The van der Waals surface area contributed by atoms with Crippen LogP contribution >= 0.6 is 0 Å². The highest BCUT2D eigenvalue weighted by Gasteiger charge is 2.46. The average molecular weight is 258 g/mol. The number of nitrogens with two attached hydrogens (primary N) is 1. The van der Waals surface area contributed by atoms with Crippen molar-refractivity contribution in [2.75, 3.05) is 13.1 Å². The molecular weight excluding hydrogens is 241 g/mol. The first-order valence-electron chi connectivity index (χ1n) is 6.11. The molecule has 0 aliphatic carbocycles. The summed E-state index contributed by atoms with van der Waals surface area (Å²) >= 11 is 0. The molecule has 0 saturated carbocycles. The molecule has 18 heavy (non-hydrogen) atoms. The van der Waals surface area contributed by atoms with Crippen LogP contribution < -0.4 is 5.73 Å². The van der Waals surface area contributed by atoms with Crippen LogP contribution in [0.15, 0.2) is 30.3 Å². The Labute approximate surface area is 105 Å². The van der Waals surface area contributed by atoms with Crippen LogP contribution in [0.25, 0.3) is 0 Å². The third kappa shape index (κ3) is 2.67. The zero-order valence-corrected chi connectivity index (χ0v) is 10.0. The molecule has 2 unspecified atom stereocenters. The number of halogens is 3. The summed E-state index contributed by atoms with van der Waals surface area (Å²) < 4.78 is 38.8. The first-order chi connectivity index (χ1) is 8.54. The van der Waals surface area contributed by atoms with Gasteiger partial charge in [-0.15, -0.1) is 0 Å². The van der Waals surface area contributed by atoms with Gasteiger partial charge in [0, 0.05) is 12.6 Å². The number of hydrogen-bond donors (Lipinski definition) is 1. The fourth-order valence-electron chi connectivity index (χ4n) is 2.65. The summed E-state index contributed by atoms with van der Waals surface area (Å²) in [5.74, 6) is 0. The van der Waals surface area contributed by atoms with Gasteiger partial charge in [0.15, 0.2) is 0 Å². The van der Waals surface area contributed by atoms with Crippen molar-refractivity contribution in [2.24, 2.45) is 5.73 Å².